The molecule has 0 aliphatic carbocycles. The minimum atomic E-state index is -0.782. The monoisotopic (exact) mass is 610 g/mol. The number of hydrogen-bond acceptors (Lipinski definition) is 10. The van der Waals surface area contributed by atoms with Gasteiger partial charge < -0.3 is 24.8 Å². The molecule has 0 saturated carbocycles. The number of carbonyl (C=O) groups is 2. The average molecular weight is 611 g/mol. The Morgan fingerprint density at radius 2 is 1.98 bits per heavy atom. The predicted molar refractivity (Wildman–Crippen MR) is 161 cm³/mol. The first-order chi connectivity index (χ1) is 20.1. The van der Waals surface area contributed by atoms with Gasteiger partial charge in [-0.25, -0.2) is 9.69 Å². The zero-order valence-electron chi connectivity index (χ0n) is 23.6. The Bertz CT molecular complexity index is 1500. The molecule has 0 radical (unpaired) electrons. The summed E-state index contributed by atoms with van der Waals surface area (Å²) in [7, 11) is 1.48. The van der Waals surface area contributed by atoms with E-state index in [-0.39, 0.29) is 23.7 Å². The molecule has 2 N–H and O–H groups in total. The standard InChI is InChI=1S/C29H31ClN6O5S/c1-29(2,3)41-28(38)36-14-11-21(24(27(36)37)26(42)34-22-9-5-8-20(30)25(22)39-4)32-15-18-10-13-31-16-23(18)40-17-19-7-6-12-33-35-19/h5-10,12-13,16,32H,11,14-15,17H2,1-4H3,(H,34,42). The van der Waals surface area contributed by atoms with Crippen molar-refractivity contribution in [2.75, 3.05) is 19.0 Å². The van der Waals surface area contributed by atoms with Crippen LogP contribution in [-0.2, 0) is 22.7 Å². The highest BCUT2D eigenvalue weighted by Crippen LogP contribution is 2.33. The molecule has 2 amide bonds. The van der Waals surface area contributed by atoms with Crippen LogP contribution in [0.15, 0.2) is 66.3 Å². The molecule has 0 atom stereocenters. The lowest BCUT2D eigenvalue weighted by atomic mass is 10.0. The Kier molecular flexibility index (Phi) is 9.92. The van der Waals surface area contributed by atoms with Crippen molar-refractivity contribution in [2.24, 2.45) is 0 Å². The van der Waals surface area contributed by atoms with E-state index in [4.69, 9.17) is 38.0 Å². The second kappa shape index (κ2) is 13.6. The molecule has 0 saturated heterocycles. The van der Waals surface area contributed by atoms with E-state index in [1.54, 1.807) is 63.6 Å². The zero-order chi connectivity index (χ0) is 30.3. The topological polar surface area (TPSA) is 128 Å². The number of ether oxygens (including phenoxy) is 3. The lowest BCUT2D eigenvalue weighted by Gasteiger charge is -2.31. The van der Waals surface area contributed by atoms with Crippen molar-refractivity contribution in [2.45, 2.75) is 45.9 Å². The van der Waals surface area contributed by atoms with Crippen LogP contribution in [0, 0.1) is 0 Å². The molecule has 42 heavy (non-hydrogen) atoms. The van der Waals surface area contributed by atoms with Crippen molar-refractivity contribution in [1.29, 1.82) is 0 Å². The molecule has 1 aromatic carbocycles. The van der Waals surface area contributed by atoms with E-state index in [9.17, 15) is 9.59 Å². The van der Waals surface area contributed by atoms with Crippen molar-refractivity contribution in [3.05, 3.63) is 82.5 Å². The fourth-order valence-electron chi connectivity index (χ4n) is 4.06. The van der Waals surface area contributed by atoms with Gasteiger partial charge in [-0.15, -0.1) is 0 Å². The number of carbonyl (C=O) groups excluding carboxylic acids is 2. The average Bonchev–Trinajstić information content (AvgIpc) is 2.95. The maximum absolute atomic E-state index is 13.7. The van der Waals surface area contributed by atoms with E-state index in [0.717, 1.165) is 10.5 Å². The third-order valence-corrected chi connectivity index (χ3v) is 6.58. The molecule has 1 aliphatic heterocycles. The van der Waals surface area contributed by atoms with E-state index in [1.165, 1.54) is 7.11 Å². The lowest BCUT2D eigenvalue weighted by molar-refractivity contribution is -0.126. The van der Waals surface area contributed by atoms with Crippen molar-refractivity contribution >= 4 is 46.5 Å². The minimum absolute atomic E-state index is 0.0881. The van der Waals surface area contributed by atoms with Crippen LogP contribution in [0.2, 0.25) is 5.02 Å². The van der Waals surface area contributed by atoms with Gasteiger partial charge in [0, 0.05) is 43.2 Å². The van der Waals surface area contributed by atoms with Gasteiger partial charge in [0.05, 0.1) is 29.6 Å². The minimum Gasteiger partial charge on any atom is -0.493 e. The van der Waals surface area contributed by atoms with Crippen molar-refractivity contribution < 1.29 is 23.8 Å². The van der Waals surface area contributed by atoms with Gasteiger partial charge in [-0.05, 0) is 51.1 Å². The Hall–Kier alpha value is -4.29. The van der Waals surface area contributed by atoms with E-state index >= 15 is 0 Å². The maximum Gasteiger partial charge on any atom is 0.417 e. The van der Waals surface area contributed by atoms with Gasteiger partial charge in [0.2, 0.25) is 0 Å². The van der Waals surface area contributed by atoms with Crippen LogP contribution in [-0.4, -0.2) is 56.3 Å². The molecule has 1 aliphatic rings. The van der Waals surface area contributed by atoms with E-state index in [0.29, 0.717) is 46.6 Å². The highest BCUT2D eigenvalue weighted by atomic mass is 35.5. The maximum atomic E-state index is 13.7. The van der Waals surface area contributed by atoms with Crippen LogP contribution in [0.1, 0.15) is 38.4 Å². The molecular weight excluding hydrogens is 580 g/mol. The summed E-state index contributed by atoms with van der Waals surface area (Å²) in [5.74, 6) is 0.315. The van der Waals surface area contributed by atoms with Crippen molar-refractivity contribution in [3.8, 4) is 11.5 Å². The summed E-state index contributed by atoms with van der Waals surface area (Å²) in [6.07, 6.45) is 4.41. The molecule has 0 fully saturated rings. The molecule has 3 heterocycles. The van der Waals surface area contributed by atoms with Gasteiger partial charge in [0.25, 0.3) is 5.91 Å². The lowest BCUT2D eigenvalue weighted by Crippen LogP contribution is -2.47. The zero-order valence-corrected chi connectivity index (χ0v) is 25.2. The number of para-hydroxylation sites is 1. The second-order valence-electron chi connectivity index (χ2n) is 10.2. The number of methoxy groups -OCH3 is 1. The van der Waals surface area contributed by atoms with Crippen LogP contribution in [0.25, 0.3) is 0 Å². The number of aromatic nitrogens is 3. The SMILES string of the molecule is COc1c(Cl)cccc1NC(=S)C1=C(NCc2ccncc2OCc2cccnn2)CCN(C(=O)OC(C)(C)C)C1=O. The number of pyridine rings is 1. The summed E-state index contributed by atoms with van der Waals surface area (Å²) < 4.78 is 16.8. The van der Waals surface area contributed by atoms with E-state index < -0.39 is 17.6 Å². The Balaban J connectivity index is 1.61. The fourth-order valence-corrected chi connectivity index (χ4v) is 4.64. The number of amides is 2. The van der Waals surface area contributed by atoms with E-state index in [2.05, 4.69) is 25.8 Å². The molecule has 11 nitrogen and oxygen atoms in total. The number of benzene rings is 1. The van der Waals surface area contributed by atoms with Crippen LogP contribution < -0.4 is 20.1 Å². The number of nitrogens with one attached hydrogen (secondary N) is 2. The first kappa shape index (κ1) is 30.7. The quantitative estimate of drug-likeness (QED) is 0.315. The third-order valence-electron chi connectivity index (χ3n) is 5.97. The summed E-state index contributed by atoms with van der Waals surface area (Å²) >= 11 is 12.0. The van der Waals surface area contributed by atoms with Crippen molar-refractivity contribution in [1.82, 2.24) is 25.4 Å². The highest BCUT2D eigenvalue weighted by molar-refractivity contribution is 7.81. The molecular formula is C29H31ClN6O5S. The second-order valence-corrected chi connectivity index (χ2v) is 11.0. The largest absolute Gasteiger partial charge is 0.493 e. The first-order valence-electron chi connectivity index (χ1n) is 13.1. The Morgan fingerprint density at radius 1 is 1.17 bits per heavy atom. The summed E-state index contributed by atoms with van der Waals surface area (Å²) in [5, 5.41) is 14.7. The van der Waals surface area contributed by atoms with Gasteiger partial charge in [0.15, 0.2) is 5.75 Å². The Morgan fingerprint density at radius 3 is 2.69 bits per heavy atom. The smallest absolute Gasteiger partial charge is 0.417 e. The molecule has 3 aromatic rings. The summed E-state index contributed by atoms with van der Waals surface area (Å²) in [4.78, 5) is 32.0. The normalized spacial score (nSPS) is 13.5. The van der Waals surface area contributed by atoms with Gasteiger partial charge >= 0.3 is 6.09 Å². The van der Waals surface area contributed by atoms with Gasteiger partial charge in [-0.1, -0.05) is 29.9 Å². The molecule has 13 heteroatoms. The van der Waals surface area contributed by atoms with Gasteiger partial charge in [0.1, 0.15) is 28.6 Å². The Labute approximate surface area is 254 Å². The molecule has 0 spiro atoms. The number of halogens is 1. The first-order valence-corrected chi connectivity index (χ1v) is 13.8. The highest BCUT2D eigenvalue weighted by Gasteiger charge is 2.36. The number of anilines is 1. The van der Waals surface area contributed by atoms with Crippen molar-refractivity contribution in [3.63, 3.8) is 0 Å². The van der Waals surface area contributed by atoms with Crippen LogP contribution >= 0.6 is 23.8 Å². The number of thiocarbonyl (C=S) groups is 1. The predicted octanol–water partition coefficient (Wildman–Crippen LogP) is 5.06. The number of nitrogens with zero attached hydrogens (tertiary/aromatic N) is 4. The summed E-state index contributed by atoms with van der Waals surface area (Å²) in [6.45, 7) is 5.81. The molecule has 2 aromatic heterocycles. The fraction of sp³-hybridized carbons (Fsp3) is 0.310. The number of rotatable bonds is 9. The summed E-state index contributed by atoms with van der Waals surface area (Å²) in [6, 6.07) is 10.5. The van der Waals surface area contributed by atoms with Crippen LogP contribution in [0.3, 0.4) is 0 Å². The molecule has 4 rings (SSSR count). The third kappa shape index (κ3) is 7.71. The number of hydrogen-bond donors (Lipinski definition) is 2. The molecule has 0 bridgehead atoms. The van der Waals surface area contributed by atoms with Crippen LogP contribution in [0.4, 0.5) is 10.5 Å². The van der Waals surface area contributed by atoms with Crippen LogP contribution in [0.5, 0.6) is 11.5 Å². The molecule has 220 valence electrons. The van der Waals surface area contributed by atoms with Gasteiger partial charge in [-0.2, -0.15) is 10.2 Å². The van der Waals surface area contributed by atoms with Gasteiger partial charge in [-0.3, -0.25) is 9.78 Å². The number of imide groups is 1. The molecule has 0 unspecified atom stereocenters. The van der Waals surface area contributed by atoms with E-state index in [1.807, 2.05) is 12.1 Å². The summed E-state index contributed by atoms with van der Waals surface area (Å²) in [5.41, 5.74) is 1.82.